The van der Waals surface area contributed by atoms with E-state index >= 15 is 4.39 Å². The third-order valence-electron chi connectivity index (χ3n) is 17.0. The third kappa shape index (κ3) is 8.27. The molecule has 3 aromatic carbocycles. The number of likely N-dealkylation sites (tertiary alicyclic amines) is 1. The molecule has 3 aliphatic carbocycles. The molecule has 70 heavy (non-hydrogen) atoms. The van der Waals surface area contributed by atoms with Crippen LogP contribution in [0.5, 0.6) is 11.8 Å². The number of hydrogen-bond donors (Lipinski definition) is 2. The molecule has 3 atom stereocenters. The number of amides is 3. The van der Waals surface area contributed by atoms with Gasteiger partial charge in [-0.1, -0.05) is 25.1 Å². The highest BCUT2D eigenvalue weighted by atomic mass is 19.1. The molecule has 2 aromatic heterocycles. The number of alkyl halides is 1. The van der Waals surface area contributed by atoms with Gasteiger partial charge < -0.3 is 29.4 Å². The third-order valence-corrected chi connectivity index (χ3v) is 17.0. The number of aryl methyl sites for hydroxylation is 1. The number of piperidine rings is 2. The number of hydrogen-bond acceptors (Lipinski definition) is 12. The molecule has 16 heteroatoms. The van der Waals surface area contributed by atoms with Crippen LogP contribution in [0.3, 0.4) is 0 Å². The van der Waals surface area contributed by atoms with Gasteiger partial charge in [-0.2, -0.15) is 9.97 Å². The van der Waals surface area contributed by atoms with Gasteiger partial charge in [-0.3, -0.25) is 29.6 Å². The van der Waals surface area contributed by atoms with E-state index in [4.69, 9.17) is 9.72 Å². The topological polar surface area (TPSA) is 148 Å². The molecule has 5 aromatic rings. The highest BCUT2D eigenvalue weighted by Gasteiger charge is 2.50. The van der Waals surface area contributed by atoms with Crippen molar-refractivity contribution in [1.82, 2.24) is 35.0 Å². The number of aromatic nitrogens is 3. The van der Waals surface area contributed by atoms with Crippen LogP contribution < -0.4 is 19.9 Å². The summed E-state index contributed by atoms with van der Waals surface area (Å²) in [6.45, 7) is 10.9. The second-order valence-electron chi connectivity index (χ2n) is 21.7. The number of carbonyl (C=O) groups excluding carboxylic acids is 3. The smallest absolute Gasteiger partial charge is 0.319 e. The number of nitrogens with one attached hydrogen (secondary N) is 1. The molecule has 0 radical (unpaired) electrons. The van der Waals surface area contributed by atoms with Gasteiger partial charge in [-0.15, -0.1) is 0 Å². The van der Waals surface area contributed by atoms with Gasteiger partial charge in [0.25, 0.3) is 5.91 Å². The number of carbonyl (C=O) groups is 3. The Labute approximate surface area is 406 Å². The van der Waals surface area contributed by atoms with Crippen molar-refractivity contribution in [2.75, 3.05) is 75.8 Å². The number of rotatable bonds is 13. The Balaban J connectivity index is 0.645. The fraction of sp³-hybridized carbons (Fsp3) is 0.519. The number of anilines is 2. The van der Waals surface area contributed by atoms with Gasteiger partial charge in [0, 0.05) is 94.1 Å². The Bertz CT molecular complexity index is 2920. The maximum Gasteiger partial charge on any atom is 0.319 e. The predicted molar refractivity (Wildman–Crippen MR) is 262 cm³/mol. The second-order valence-corrected chi connectivity index (χ2v) is 21.7. The molecule has 1 spiro atoms. The first-order chi connectivity index (χ1) is 33.8. The van der Waals surface area contributed by atoms with Crippen molar-refractivity contribution in [3.8, 4) is 23.0 Å². The maximum absolute atomic E-state index is 17.0. The number of benzene rings is 3. The van der Waals surface area contributed by atoms with Crippen LogP contribution >= 0.6 is 0 Å². The van der Waals surface area contributed by atoms with E-state index in [0.29, 0.717) is 53.7 Å². The number of imide groups is 1. The van der Waals surface area contributed by atoms with E-state index in [9.17, 15) is 23.9 Å². The normalized spacial score (nSPS) is 24.3. The first-order valence-electron chi connectivity index (χ1n) is 25.4. The molecule has 1 unspecified atom stereocenters. The Kier molecular flexibility index (Phi) is 11.2. The molecular formula is C54H61F2N9O5. The van der Waals surface area contributed by atoms with Crippen LogP contribution in [-0.2, 0) is 22.6 Å². The van der Waals surface area contributed by atoms with Crippen LogP contribution in [0.15, 0.2) is 54.7 Å². The molecule has 7 aliphatic rings. The van der Waals surface area contributed by atoms with Crippen molar-refractivity contribution in [3.05, 3.63) is 77.2 Å². The second kappa shape index (κ2) is 17.4. The number of phenols is 1. The Hall–Kier alpha value is -6.00. The first kappa shape index (κ1) is 45.2. The van der Waals surface area contributed by atoms with Gasteiger partial charge in [0.1, 0.15) is 35.0 Å². The number of pyridine rings is 1. The molecule has 4 aliphatic heterocycles. The van der Waals surface area contributed by atoms with Gasteiger partial charge in [0.05, 0.1) is 18.0 Å². The van der Waals surface area contributed by atoms with E-state index in [1.165, 1.54) is 25.7 Å². The number of nitrogens with zero attached hydrogens (tertiary/aromatic N) is 8. The lowest BCUT2D eigenvalue weighted by Crippen LogP contribution is -2.53. The van der Waals surface area contributed by atoms with Gasteiger partial charge >= 0.3 is 6.01 Å². The van der Waals surface area contributed by atoms with Crippen LogP contribution in [0.2, 0.25) is 0 Å². The minimum atomic E-state index is -0.988. The van der Waals surface area contributed by atoms with Gasteiger partial charge in [0.2, 0.25) is 11.8 Å². The molecule has 6 fully saturated rings. The van der Waals surface area contributed by atoms with E-state index in [2.05, 4.69) is 36.1 Å². The van der Waals surface area contributed by atoms with Crippen LogP contribution in [0.4, 0.5) is 20.3 Å². The van der Waals surface area contributed by atoms with Crippen LogP contribution in [-0.4, -0.2) is 137 Å². The van der Waals surface area contributed by atoms with Crippen molar-refractivity contribution in [3.63, 3.8) is 0 Å². The Morgan fingerprint density at radius 2 is 1.73 bits per heavy atom. The minimum Gasteiger partial charge on any atom is -0.508 e. The summed E-state index contributed by atoms with van der Waals surface area (Å²) >= 11 is 0. The van der Waals surface area contributed by atoms with E-state index in [1.807, 2.05) is 37.3 Å². The largest absolute Gasteiger partial charge is 0.508 e. The average Bonchev–Trinajstić information content (AvgIpc) is 4.27. The first-order valence-corrected chi connectivity index (χ1v) is 25.4. The lowest BCUT2D eigenvalue weighted by Gasteiger charge is -2.54. The highest BCUT2D eigenvalue weighted by Crippen LogP contribution is 2.54. The number of ether oxygens (including phenoxy) is 1. The standard InChI is InChI=1S/C54H61F2N9O5/c1-3-33-5-4-6-34-22-37(66)23-39(45(33)34)47-46(56)48-40(27-57-47)49(61(2)43-24-41(43)55)60-52(59-48)70-31-54(11-12-54)30-63-15-13-53(14-16-63)25-32(26-53)28-62-17-19-64(20-18-62)36-7-8-38-35(21-36)29-65(51(38)69)42-9-10-44(67)58-50(42)68/h4-8,21-23,27,32,41-43,66H,3,9-20,24-26,28-31H2,1-2H3,(H,58,67,68)/t41-,42+,43?/m1/s1. The molecule has 0 bridgehead atoms. The summed E-state index contributed by atoms with van der Waals surface area (Å²) in [5.74, 6) is -0.308. The Morgan fingerprint density at radius 1 is 0.943 bits per heavy atom. The number of halogens is 2. The minimum absolute atomic E-state index is 0.0177. The monoisotopic (exact) mass is 953 g/mol. The van der Waals surface area contributed by atoms with Crippen molar-refractivity contribution < 1.29 is 33.0 Å². The van der Waals surface area contributed by atoms with E-state index in [1.54, 1.807) is 35.2 Å². The maximum atomic E-state index is 17.0. The summed E-state index contributed by atoms with van der Waals surface area (Å²) in [5.41, 5.74) is 4.76. The number of aromatic hydroxyl groups is 1. The lowest BCUT2D eigenvalue weighted by atomic mass is 9.57. The SMILES string of the molecule is CCc1cccc2cc(O)cc(-c3ncc4c(N(C)C5C[C@H]5F)nc(OCC5(CN6CCC7(CC6)CC(CN6CCN(c8ccc9c(c8)CN([C@H]8CCC(=O)NC8=O)C9=O)CC6)C7)CC5)nc4c3F)c12. The zero-order valence-electron chi connectivity index (χ0n) is 40.1. The lowest BCUT2D eigenvalue weighted by molar-refractivity contribution is -0.136. The molecule has 3 saturated carbocycles. The summed E-state index contributed by atoms with van der Waals surface area (Å²) in [4.78, 5) is 62.5. The molecule has 3 saturated heterocycles. The summed E-state index contributed by atoms with van der Waals surface area (Å²) in [6, 6.07) is 14.2. The quantitative estimate of drug-likeness (QED) is 0.117. The summed E-state index contributed by atoms with van der Waals surface area (Å²) in [7, 11) is 1.78. The zero-order chi connectivity index (χ0) is 48.1. The van der Waals surface area contributed by atoms with Crippen molar-refractivity contribution in [2.45, 2.75) is 95.9 Å². The fourth-order valence-corrected chi connectivity index (χ4v) is 12.6. The Morgan fingerprint density at radius 3 is 2.46 bits per heavy atom. The molecule has 14 nitrogen and oxygen atoms in total. The fourth-order valence-electron chi connectivity index (χ4n) is 12.6. The van der Waals surface area contributed by atoms with Gasteiger partial charge in [-0.05, 0) is 128 Å². The highest BCUT2D eigenvalue weighted by molar-refractivity contribution is 6.06. The van der Waals surface area contributed by atoms with Gasteiger partial charge in [-0.25, -0.2) is 8.78 Å². The molecule has 2 N–H and O–H groups in total. The van der Waals surface area contributed by atoms with E-state index < -0.39 is 18.0 Å². The number of piperazine rings is 1. The van der Waals surface area contributed by atoms with E-state index in [-0.39, 0.29) is 58.6 Å². The molecule has 6 heterocycles. The van der Waals surface area contributed by atoms with Crippen molar-refractivity contribution >= 4 is 50.9 Å². The number of phenolic OH excluding ortho intramolecular Hbond substituents is 1. The summed E-state index contributed by atoms with van der Waals surface area (Å²) in [5, 5.41) is 15.1. The van der Waals surface area contributed by atoms with Crippen LogP contribution in [0.25, 0.3) is 32.9 Å². The van der Waals surface area contributed by atoms with Crippen LogP contribution in [0, 0.1) is 22.6 Å². The number of fused-ring (bicyclic) bond motifs is 3. The van der Waals surface area contributed by atoms with Gasteiger partial charge in [0.15, 0.2) is 5.82 Å². The summed E-state index contributed by atoms with van der Waals surface area (Å²) < 4.78 is 37.9. The summed E-state index contributed by atoms with van der Waals surface area (Å²) in [6.07, 6.45) is 9.35. The average molecular weight is 954 g/mol. The van der Waals surface area contributed by atoms with E-state index in [0.717, 1.165) is 105 Å². The molecule has 366 valence electrons. The van der Waals surface area contributed by atoms with Crippen molar-refractivity contribution in [2.24, 2.45) is 16.7 Å². The predicted octanol–water partition coefficient (Wildman–Crippen LogP) is 7.03. The molecular weight excluding hydrogens is 893 g/mol. The van der Waals surface area contributed by atoms with Crippen LogP contribution in [0.1, 0.15) is 86.2 Å². The van der Waals surface area contributed by atoms with Crippen molar-refractivity contribution in [1.29, 1.82) is 0 Å². The molecule has 12 rings (SSSR count). The zero-order valence-corrected chi connectivity index (χ0v) is 40.1. The molecule has 3 amide bonds.